The van der Waals surface area contributed by atoms with E-state index in [9.17, 15) is 14.4 Å². The van der Waals surface area contributed by atoms with Gasteiger partial charge >= 0.3 is 11.6 Å². The normalized spacial score (nSPS) is 11.9. The lowest BCUT2D eigenvalue weighted by Gasteiger charge is -2.06. The number of carbonyl (C=O) groups is 2. The third kappa shape index (κ3) is 4.52. The first kappa shape index (κ1) is 19.1. The van der Waals surface area contributed by atoms with Crippen LogP contribution in [0.4, 0.5) is 5.13 Å². The van der Waals surface area contributed by atoms with Crippen LogP contribution in [0.5, 0.6) is 0 Å². The van der Waals surface area contributed by atoms with E-state index >= 15 is 0 Å². The summed E-state index contributed by atoms with van der Waals surface area (Å²) in [5.74, 6) is -0.988. The van der Waals surface area contributed by atoms with Crippen molar-refractivity contribution in [3.8, 4) is 0 Å². The Morgan fingerprint density at radius 3 is 2.89 bits per heavy atom. The second-order valence-electron chi connectivity index (χ2n) is 5.32. The molecule has 0 aliphatic heterocycles. The molecule has 2 aromatic heterocycles. The number of thioether (sulfide) groups is 1. The highest BCUT2D eigenvalue weighted by atomic mass is 32.2. The molecule has 0 radical (unpaired) electrons. The lowest BCUT2D eigenvalue weighted by atomic mass is 10.2. The maximum absolute atomic E-state index is 12.4. The fourth-order valence-electron chi connectivity index (χ4n) is 2.15. The second kappa shape index (κ2) is 8.31. The second-order valence-corrected chi connectivity index (χ2v) is 7.89. The molecule has 0 bridgehead atoms. The van der Waals surface area contributed by atoms with E-state index in [1.54, 1.807) is 38.1 Å². The lowest BCUT2D eigenvalue weighted by Crippen LogP contribution is -2.20. The largest absolute Gasteiger partial charge is 0.465 e. The Morgan fingerprint density at radius 2 is 2.11 bits per heavy atom. The number of amides is 1. The zero-order chi connectivity index (χ0) is 19.4. The smallest absolute Gasteiger partial charge is 0.349 e. The molecule has 140 valence electrons. The molecule has 0 aliphatic rings. The van der Waals surface area contributed by atoms with Gasteiger partial charge in [0, 0.05) is 5.39 Å². The molecule has 1 aromatic carbocycles. The summed E-state index contributed by atoms with van der Waals surface area (Å²) in [6, 6.07) is 8.38. The summed E-state index contributed by atoms with van der Waals surface area (Å²) in [6.07, 6.45) is 0. The van der Waals surface area contributed by atoms with E-state index in [0.29, 0.717) is 21.9 Å². The number of hydrogen-bond acceptors (Lipinski definition) is 9. The van der Waals surface area contributed by atoms with Crippen molar-refractivity contribution in [1.82, 2.24) is 10.2 Å². The molecule has 0 saturated heterocycles. The average Bonchev–Trinajstić information content (AvgIpc) is 3.07. The van der Waals surface area contributed by atoms with Crippen molar-refractivity contribution in [2.24, 2.45) is 0 Å². The Morgan fingerprint density at radius 1 is 1.33 bits per heavy atom. The van der Waals surface area contributed by atoms with Crippen molar-refractivity contribution < 1.29 is 18.7 Å². The number of nitrogens with zero attached hydrogens (tertiary/aromatic N) is 2. The van der Waals surface area contributed by atoms with Gasteiger partial charge in [-0.2, -0.15) is 0 Å². The summed E-state index contributed by atoms with van der Waals surface area (Å²) in [4.78, 5) is 36.1. The number of carbonyl (C=O) groups excluding carboxylic acids is 2. The summed E-state index contributed by atoms with van der Waals surface area (Å²) in [5, 5.41) is 10.7. The zero-order valence-electron chi connectivity index (χ0n) is 14.4. The van der Waals surface area contributed by atoms with Crippen molar-refractivity contribution in [3.05, 3.63) is 46.3 Å². The number of nitrogens with one attached hydrogen (secondary N) is 1. The summed E-state index contributed by atoms with van der Waals surface area (Å²) in [6.45, 7) is 3.73. The molecule has 1 atom stereocenters. The first-order valence-corrected chi connectivity index (χ1v) is 9.68. The molecule has 3 rings (SSSR count). The fourth-order valence-corrected chi connectivity index (χ4v) is 4.04. The van der Waals surface area contributed by atoms with Gasteiger partial charge in [-0.25, -0.2) is 4.79 Å². The number of ether oxygens (including phenoxy) is 1. The van der Waals surface area contributed by atoms with Gasteiger partial charge in [-0.3, -0.25) is 14.9 Å². The highest BCUT2D eigenvalue weighted by Crippen LogP contribution is 2.29. The number of anilines is 1. The van der Waals surface area contributed by atoms with Gasteiger partial charge in [0.1, 0.15) is 16.4 Å². The van der Waals surface area contributed by atoms with Crippen LogP contribution in [-0.4, -0.2) is 33.9 Å². The van der Waals surface area contributed by atoms with E-state index < -0.39 is 16.8 Å². The van der Waals surface area contributed by atoms with Crippen molar-refractivity contribution >= 4 is 51.1 Å². The van der Waals surface area contributed by atoms with Crippen LogP contribution in [0.25, 0.3) is 11.0 Å². The van der Waals surface area contributed by atoms with Crippen molar-refractivity contribution in [2.75, 3.05) is 11.9 Å². The standard InChI is InChI=1S/C17H15N3O5S2/c1-3-24-14(22)9(2)26-17-20-19-16(27-17)18-13(21)11-8-10-6-4-5-7-12(10)25-15(11)23/h4-9H,3H2,1-2H3,(H,18,19,21). The maximum Gasteiger partial charge on any atom is 0.349 e. The predicted octanol–water partition coefficient (Wildman–Crippen LogP) is 2.94. The van der Waals surface area contributed by atoms with Crippen LogP contribution in [0, 0.1) is 0 Å². The van der Waals surface area contributed by atoms with Crippen LogP contribution in [-0.2, 0) is 9.53 Å². The van der Waals surface area contributed by atoms with Crippen LogP contribution in [0.3, 0.4) is 0 Å². The third-order valence-corrected chi connectivity index (χ3v) is 5.41. The molecule has 3 aromatic rings. The highest BCUT2D eigenvalue weighted by Gasteiger charge is 2.20. The van der Waals surface area contributed by atoms with E-state index in [-0.39, 0.29) is 16.7 Å². The monoisotopic (exact) mass is 405 g/mol. The number of aromatic nitrogens is 2. The molecule has 1 amide bonds. The molecule has 8 nitrogen and oxygen atoms in total. The summed E-state index contributed by atoms with van der Waals surface area (Å²) in [5.41, 5.74) is -0.458. The van der Waals surface area contributed by atoms with Gasteiger partial charge in [0.15, 0.2) is 4.34 Å². The molecule has 2 heterocycles. The Bertz CT molecular complexity index is 1050. The van der Waals surface area contributed by atoms with E-state index in [0.717, 1.165) is 11.3 Å². The zero-order valence-corrected chi connectivity index (χ0v) is 16.1. The Hall–Kier alpha value is -2.72. The molecule has 0 fully saturated rings. The average molecular weight is 405 g/mol. The van der Waals surface area contributed by atoms with Gasteiger partial charge in [0.05, 0.1) is 6.61 Å². The van der Waals surface area contributed by atoms with Gasteiger partial charge in [-0.05, 0) is 26.0 Å². The Labute approximate surface area is 161 Å². The molecule has 1 unspecified atom stereocenters. The minimum atomic E-state index is -0.735. The highest BCUT2D eigenvalue weighted by molar-refractivity contribution is 8.02. The topological polar surface area (TPSA) is 111 Å². The molecule has 27 heavy (non-hydrogen) atoms. The van der Waals surface area contributed by atoms with E-state index in [1.807, 2.05) is 0 Å². The van der Waals surface area contributed by atoms with Crippen molar-refractivity contribution in [2.45, 2.75) is 23.4 Å². The molecule has 10 heteroatoms. The maximum atomic E-state index is 12.4. The first-order valence-electron chi connectivity index (χ1n) is 7.99. The number of rotatable bonds is 6. The SMILES string of the molecule is CCOC(=O)C(C)Sc1nnc(NC(=O)c2cc3ccccc3oc2=O)s1. The lowest BCUT2D eigenvalue weighted by molar-refractivity contribution is -0.142. The predicted molar refractivity (Wildman–Crippen MR) is 102 cm³/mol. The van der Waals surface area contributed by atoms with Crippen molar-refractivity contribution in [1.29, 1.82) is 0 Å². The molecule has 0 saturated carbocycles. The Kier molecular flexibility index (Phi) is 5.87. The van der Waals surface area contributed by atoms with E-state index in [1.165, 1.54) is 17.8 Å². The molecule has 0 spiro atoms. The molecule has 0 aliphatic carbocycles. The van der Waals surface area contributed by atoms with Crippen LogP contribution < -0.4 is 10.9 Å². The van der Waals surface area contributed by atoms with Crippen LogP contribution in [0.1, 0.15) is 24.2 Å². The minimum Gasteiger partial charge on any atom is -0.465 e. The molecule has 1 N–H and O–H groups in total. The van der Waals surface area contributed by atoms with Crippen LogP contribution in [0.15, 0.2) is 43.9 Å². The van der Waals surface area contributed by atoms with Gasteiger partial charge in [0.25, 0.3) is 5.91 Å². The third-order valence-electron chi connectivity index (χ3n) is 3.41. The van der Waals surface area contributed by atoms with Gasteiger partial charge in [0.2, 0.25) is 5.13 Å². The summed E-state index contributed by atoms with van der Waals surface area (Å²) >= 11 is 2.28. The number of hydrogen-bond donors (Lipinski definition) is 1. The molecular weight excluding hydrogens is 390 g/mol. The van der Waals surface area contributed by atoms with Crippen LogP contribution in [0.2, 0.25) is 0 Å². The van der Waals surface area contributed by atoms with Crippen molar-refractivity contribution in [3.63, 3.8) is 0 Å². The Balaban J connectivity index is 1.72. The van der Waals surface area contributed by atoms with E-state index in [2.05, 4.69) is 15.5 Å². The van der Waals surface area contributed by atoms with Gasteiger partial charge < -0.3 is 9.15 Å². The van der Waals surface area contributed by atoms with Gasteiger partial charge in [-0.15, -0.1) is 10.2 Å². The number of benzene rings is 1. The minimum absolute atomic E-state index is 0.127. The van der Waals surface area contributed by atoms with Crippen LogP contribution >= 0.6 is 23.1 Å². The fraction of sp³-hybridized carbons (Fsp3) is 0.235. The van der Waals surface area contributed by atoms with Gasteiger partial charge in [-0.1, -0.05) is 41.3 Å². The summed E-state index contributed by atoms with van der Waals surface area (Å²) < 4.78 is 10.6. The molecular formula is C17H15N3O5S2. The number of fused-ring (bicyclic) bond motifs is 1. The first-order chi connectivity index (χ1) is 13.0. The van der Waals surface area contributed by atoms with E-state index in [4.69, 9.17) is 9.15 Å². The summed E-state index contributed by atoms with van der Waals surface area (Å²) in [7, 11) is 0. The number of esters is 1. The number of para-hydroxylation sites is 1. The quantitative estimate of drug-likeness (QED) is 0.288.